The van der Waals surface area contributed by atoms with Gasteiger partial charge in [-0.05, 0) is 55.9 Å². The van der Waals surface area contributed by atoms with E-state index in [-0.39, 0.29) is 24.1 Å². The van der Waals surface area contributed by atoms with Crippen LogP contribution in [-0.2, 0) is 0 Å². The molecule has 1 aromatic rings. The molecule has 0 radical (unpaired) electrons. The molecule has 2 unspecified atom stereocenters. The van der Waals surface area contributed by atoms with E-state index >= 15 is 0 Å². The first-order valence-corrected chi connectivity index (χ1v) is 9.26. The summed E-state index contributed by atoms with van der Waals surface area (Å²) in [6.07, 6.45) is 6.17. The number of nitrogens with one attached hydrogen (secondary N) is 4. The van der Waals surface area contributed by atoms with Gasteiger partial charge >= 0.3 is 12.1 Å². The molecule has 0 aliphatic heterocycles. The van der Waals surface area contributed by atoms with Gasteiger partial charge in [0.1, 0.15) is 0 Å². The molecule has 4 amide bonds. The first kappa shape index (κ1) is 18.1. The topological polar surface area (TPSA) is 106 Å². The number of nitriles is 1. The number of urea groups is 2. The minimum absolute atomic E-state index is 0.0605. The van der Waals surface area contributed by atoms with Crippen LogP contribution in [0.5, 0.6) is 0 Å². The predicted octanol–water partition coefficient (Wildman–Crippen LogP) is 2.70. The maximum absolute atomic E-state index is 12.3. The van der Waals surface area contributed by atoms with E-state index in [1.165, 1.54) is 12.8 Å². The molecule has 2 aliphatic carbocycles. The SMILES string of the molecule is N#Cc1ccc(NC(=O)NC2CCCCC2NC(=O)NCC2CC2)cc1. The molecular formula is C19H25N5O2. The lowest BCUT2D eigenvalue weighted by atomic mass is 9.90. The van der Waals surface area contributed by atoms with Crippen molar-refractivity contribution in [2.45, 2.75) is 50.6 Å². The molecule has 2 aliphatic rings. The number of hydrogen-bond acceptors (Lipinski definition) is 3. The molecule has 3 rings (SSSR count). The number of rotatable bonds is 5. The largest absolute Gasteiger partial charge is 0.338 e. The molecular weight excluding hydrogens is 330 g/mol. The van der Waals surface area contributed by atoms with Gasteiger partial charge in [-0.3, -0.25) is 0 Å². The van der Waals surface area contributed by atoms with Crippen molar-refractivity contribution in [1.29, 1.82) is 5.26 Å². The average molecular weight is 355 g/mol. The molecule has 2 saturated carbocycles. The maximum Gasteiger partial charge on any atom is 0.319 e. The quantitative estimate of drug-likeness (QED) is 0.652. The molecule has 0 saturated heterocycles. The number of hydrogen-bond donors (Lipinski definition) is 4. The van der Waals surface area contributed by atoms with Gasteiger partial charge in [0.05, 0.1) is 23.7 Å². The van der Waals surface area contributed by atoms with Gasteiger partial charge in [0.2, 0.25) is 0 Å². The van der Waals surface area contributed by atoms with Crippen LogP contribution in [0.25, 0.3) is 0 Å². The number of carbonyl (C=O) groups excluding carboxylic acids is 2. The van der Waals surface area contributed by atoms with Crippen LogP contribution < -0.4 is 21.3 Å². The van der Waals surface area contributed by atoms with Gasteiger partial charge in [-0.1, -0.05) is 12.8 Å². The van der Waals surface area contributed by atoms with Gasteiger partial charge in [-0.2, -0.15) is 5.26 Å². The molecule has 2 fully saturated rings. The Bertz CT molecular complexity index is 678. The Morgan fingerprint density at radius 1 is 0.962 bits per heavy atom. The molecule has 7 nitrogen and oxygen atoms in total. The second-order valence-corrected chi connectivity index (χ2v) is 7.08. The van der Waals surface area contributed by atoms with E-state index in [9.17, 15) is 9.59 Å². The van der Waals surface area contributed by atoms with Gasteiger partial charge < -0.3 is 21.3 Å². The van der Waals surface area contributed by atoms with Gasteiger partial charge in [0.15, 0.2) is 0 Å². The fourth-order valence-electron chi connectivity index (χ4n) is 3.22. The molecule has 4 N–H and O–H groups in total. The summed E-state index contributed by atoms with van der Waals surface area (Å²) in [5.74, 6) is 0.638. The minimum Gasteiger partial charge on any atom is -0.338 e. The molecule has 0 bridgehead atoms. The molecule has 0 aromatic heterocycles. The van der Waals surface area contributed by atoms with E-state index in [0.717, 1.165) is 32.2 Å². The standard InChI is InChI=1S/C19H25N5O2/c20-11-13-7-9-15(10-8-13)22-19(26)24-17-4-2-1-3-16(17)23-18(25)21-12-14-5-6-14/h7-10,14,16-17H,1-6,12H2,(H2,21,23,25)(H2,22,24,26). The molecule has 2 atom stereocenters. The van der Waals surface area contributed by atoms with Gasteiger partial charge in [0.25, 0.3) is 0 Å². The van der Waals surface area contributed by atoms with Crippen LogP contribution in [0.4, 0.5) is 15.3 Å². The van der Waals surface area contributed by atoms with E-state index in [1.807, 2.05) is 6.07 Å². The Morgan fingerprint density at radius 3 is 2.15 bits per heavy atom. The lowest BCUT2D eigenvalue weighted by molar-refractivity contribution is 0.218. The predicted molar refractivity (Wildman–Crippen MR) is 98.6 cm³/mol. The monoisotopic (exact) mass is 355 g/mol. The lowest BCUT2D eigenvalue weighted by Crippen LogP contribution is -2.55. The summed E-state index contributed by atoms with van der Waals surface area (Å²) in [7, 11) is 0. The highest BCUT2D eigenvalue weighted by atomic mass is 16.2. The summed E-state index contributed by atoms with van der Waals surface area (Å²) in [4.78, 5) is 24.3. The third-order valence-corrected chi connectivity index (χ3v) is 4.92. The number of nitrogens with zero attached hydrogens (tertiary/aromatic N) is 1. The highest BCUT2D eigenvalue weighted by molar-refractivity contribution is 5.89. The Morgan fingerprint density at radius 2 is 1.58 bits per heavy atom. The highest BCUT2D eigenvalue weighted by Crippen LogP contribution is 2.27. The molecule has 0 heterocycles. The zero-order valence-electron chi connectivity index (χ0n) is 14.8. The first-order chi connectivity index (χ1) is 12.6. The van der Waals surface area contributed by atoms with Crippen LogP contribution in [0.2, 0.25) is 0 Å². The number of amides is 4. The van der Waals surface area contributed by atoms with Crippen LogP contribution in [0.3, 0.4) is 0 Å². The van der Waals surface area contributed by atoms with Crippen molar-refractivity contribution >= 4 is 17.7 Å². The Kier molecular flexibility index (Phi) is 5.95. The lowest BCUT2D eigenvalue weighted by Gasteiger charge is -2.32. The van der Waals surface area contributed by atoms with Crippen molar-refractivity contribution in [1.82, 2.24) is 16.0 Å². The Balaban J connectivity index is 1.48. The van der Waals surface area contributed by atoms with Crippen LogP contribution in [0, 0.1) is 17.2 Å². The summed E-state index contributed by atoms with van der Waals surface area (Å²) < 4.78 is 0. The van der Waals surface area contributed by atoms with Crippen LogP contribution >= 0.6 is 0 Å². The molecule has 1 aromatic carbocycles. The van der Waals surface area contributed by atoms with Gasteiger partial charge in [0, 0.05) is 12.2 Å². The van der Waals surface area contributed by atoms with Gasteiger partial charge in [-0.25, -0.2) is 9.59 Å². The van der Waals surface area contributed by atoms with E-state index in [4.69, 9.17) is 5.26 Å². The van der Waals surface area contributed by atoms with Crippen molar-refractivity contribution in [3.63, 3.8) is 0 Å². The summed E-state index contributed by atoms with van der Waals surface area (Å²) >= 11 is 0. The second-order valence-electron chi connectivity index (χ2n) is 7.08. The highest BCUT2D eigenvalue weighted by Gasteiger charge is 2.28. The average Bonchev–Trinajstić information content (AvgIpc) is 3.47. The third-order valence-electron chi connectivity index (χ3n) is 4.92. The summed E-state index contributed by atoms with van der Waals surface area (Å²) in [5, 5.41) is 20.5. The van der Waals surface area contributed by atoms with Crippen LogP contribution in [0.15, 0.2) is 24.3 Å². The van der Waals surface area contributed by atoms with E-state index < -0.39 is 0 Å². The molecule has 138 valence electrons. The molecule has 7 heteroatoms. The number of benzene rings is 1. The van der Waals surface area contributed by atoms with Crippen molar-refractivity contribution in [3.8, 4) is 6.07 Å². The molecule has 0 spiro atoms. The summed E-state index contributed by atoms with van der Waals surface area (Å²) in [5.41, 5.74) is 1.17. The van der Waals surface area contributed by atoms with Gasteiger partial charge in [-0.15, -0.1) is 0 Å². The van der Waals surface area contributed by atoms with Crippen molar-refractivity contribution in [2.24, 2.45) is 5.92 Å². The fraction of sp³-hybridized carbons (Fsp3) is 0.526. The Labute approximate surface area is 153 Å². The van der Waals surface area contributed by atoms with Crippen molar-refractivity contribution < 1.29 is 9.59 Å². The zero-order valence-corrected chi connectivity index (χ0v) is 14.8. The van der Waals surface area contributed by atoms with Crippen molar-refractivity contribution in [3.05, 3.63) is 29.8 Å². The van der Waals surface area contributed by atoms with E-state index in [1.54, 1.807) is 24.3 Å². The smallest absolute Gasteiger partial charge is 0.319 e. The van der Waals surface area contributed by atoms with E-state index in [2.05, 4.69) is 21.3 Å². The zero-order chi connectivity index (χ0) is 18.4. The second kappa shape index (κ2) is 8.56. The fourth-order valence-corrected chi connectivity index (χ4v) is 3.22. The van der Waals surface area contributed by atoms with Crippen LogP contribution in [0.1, 0.15) is 44.1 Å². The van der Waals surface area contributed by atoms with Crippen molar-refractivity contribution in [2.75, 3.05) is 11.9 Å². The summed E-state index contributed by atoms with van der Waals surface area (Å²) in [6.45, 7) is 0.732. The maximum atomic E-state index is 12.3. The van der Waals surface area contributed by atoms with E-state index in [0.29, 0.717) is 17.2 Å². The Hall–Kier alpha value is -2.75. The first-order valence-electron chi connectivity index (χ1n) is 9.26. The summed E-state index contributed by atoms with van der Waals surface area (Å²) in [6, 6.07) is 8.15. The number of carbonyl (C=O) groups is 2. The number of anilines is 1. The normalized spacial score (nSPS) is 22.0. The molecule has 26 heavy (non-hydrogen) atoms. The van der Waals surface area contributed by atoms with Crippen LogP contribution in [-0.4, -0.2) is 30.7 Å². The third kappa shape index (κ3) is 5.38. The minimum atomic E-state index is -0.299.